The Morgan fingerprint density at radius 1 is 1.16 bits per heavy atom. The third-order valence-corrected chi connectivity index (χ3v) is 4.85. The van der Waals surface area contributed by atoms with Gasteiger partial charge in [0.25, 0.3) is 5.56 Å². The predicted octanol–water partition coefficient (Wildman–Crippen LogP) is 2.46. The van der Waals surface area contributed by atoms with Gasteiger partial charge in [-0.05, 0) is 30.3 Å². The van der Waals surface area contributed by atoms with Gasteiger partial charge in [-0.25, -0.2) is 9.37 Å². The quantitative estimate of drug-likeness (QED) is 0.736. The smallest absolute Gasteiger partial charge is 0.258 e. The standard InChI is InChI=1S/C19H17ClFN3O/c20-13-3-8-16-17(9-13)22-18(23-19(16)25)11-24(15-6-7-15)10-12-1-4-14(21)5-2-12/h1-5,8-9,15H,6-7,10-11H2,(H,22,23,25)/p+1. The number of benzene rings is 2. The maximum Gasteiger partial charge on any atom is 0.258 e. The van der Waals surface area contributed by atoms with Crippen LogP contribution in [0.5, 0.6) is 0 Å². The largest absolute Gasteiger partial charge is 0.322 e. The number of quaternary nitrogens is 1. The van der Waals surface area contributed by atoms with Crippen molar-refractivity contribution in [2.75, 3.05) is 0 Å². The van der Waals surface area contributed by atoms with Gasteiger partial charge in [-0.1, -0.05) is 23.7 Å². The van der Waals surface area contributed by atoms with Gasteiger partial charge in [0.05, 0.1) is 16.9 Å². The van der Waals surface area contributed by atoms with Gasteiger partial charge >= 0.3 is 0 Å². The molecular weight excluding hydrogens is 341 g/mol. The Bertz CT molecular complexity index is 967. The normalized spacial score (nSPS) is 15.4. The molecule has 2 aromatic carbocycles. The van der Waals surface area contributed by atoms with Crippen molar-refractivity contribution in [1.82, 2.24) is 9.97 Å². The summed E-state index contributed by atoms with van der Waals surface area (Å²) in [4.78, 5) is 21.1. The van der Waals surface area contributed by atoms with E-state index in [0.29, 0.717) is 34.3 Å². The van der Waals surface area contributed by atoms with Crippen LogP contribution in [0.1, 0.15) is 24.2 Å². The Balaban J connectivity index is 1.61. The summed E-state index contributed by atoms with van der Waals surface area (Å²) < 4.78 is 13.1. The summed E-state index contributed by atoms with van der Waals surface area (Å²) in [5, 5.41) is 1.11. The van der Waals surface area contributed by atoms with E-state index in [2.05, 4.69) is 9.97 Å². The fraction of sp³-hybridized carbons (Fsp3) is 0.263. The SMILES string of the molecule is O=c1[nH]c(C[NH+](Cc2ccc(F)cc2)C2CC2)nc2cc(Cl)ccc12. The van der Waals surface area contributed by atoms with E-state index in [1.54, 1.807) is 18.2 Å². The number of halogens is 2. The summed E-state index contributed by atoms with van der Waals surface area (Å²) in [5.74, 6) is 0.429. The fourth-order valence-corrected chi connectivity index (χ4v) is 3.33. The van der Waals surface area contributed by atoms with Gasteiger partial charge in [0.2, 0.25) is 0 Å². The van der Waals surface area contributed by atoms with E-state index < -0.39 is 0 Å². The van der Waals surface area contributed by atoms with E-state index in [1.807, 2.05) is 12.1 Å². The van der Waals surface area contributed by atoms with Crippen LogP contribution in [0, 0.1) is 5.82 Å². The summed E-state index contributed by atoms with van der Waals surface area (Å²) >= 11 is 6.02. The average Bonchev–Trinajstić information content (AvgIpc) is 3.41. The van der Waals surface area contributed by atoms with Crippen LogP contribution in [-0.2, 0) is 13.1 Å². The second-order valence-corrected chi connectivity index (χ2v) is 7.02. The number of aromatic nitrogens is 2. The summed E-state index contributed by atoms with van der Waals surface area (Å²) in [6.07, 6.45) is 2.33. The molecule has 1 aliphatic rings. The van der Waals surface area contributed by atoms with E-state index in [-0.39, 0.29) is 11.4 Å². The highest BCUT2D eigenvalue weighted by molar-refractivity contribution is 6.31. The minimum Gasteiger partial charge on any atom is -0.322 e. The fourth-order valence-electron chi connectivity index (χ4n) is 3.17. The molecule has 0 aliphatic heterocycles. The number of rotatable bonds is 5. The van der Waals surface area contributed by atoms with Crippen molar-refractivity contribution in [3.05, 3.63) is 75.0 Å². The summed E-state index contributed by atoms with van der Waals surface area (Å²) in [7, 11) is 0. The minimum atomic E-state index is -0.228. The molecule has 1 saturated carbocycles. The van der Waals surface area contributed by atoms with Gasteiger partial charge in [0.15, 0.2) is 5.82 Å². The van der Waals surface area contributed by atoms with Gasteiger partial charge < -0.3 is 9.88 Å². The van der Waals surface area contributed by atoms with Gasteiger partial charge in [-0.2, -0.15) is 0 Å². The van der Waals surface area contributed by atoms with Crippen LogP contribution >= 0.6 is 11.6 Å². The number of nitrogens with zero attached hydrogens (tertiary/aromatic N) is 1. The minimum absolute atomic E-state index is 0.145. The van der Waals surface area contributed by atoms with Crippen LogP contribution in [0.15, 0.2) is 47.3 Å². The first-order valence-corrected chi connectivity index (χ1v) is 8.74. The maximum absolute atomic E-state index is 13.1. The first-order valence-electron chi connectivity index (χ1n) is 8.36. The van der Waals surface area contributed by atoms with Crippen molar-refractivity contribution in [2.45, 2.75) is 32.0 Å². The van der Waals surface area contributed by atoms with Gasteiger partial charge in [0, 0.05) is 23.4 Å². The lowest BCUT2D eigenvalue weighted by atomic mass is 10.2. The number of hydrogen-bond donors (Lipinski definition) is 2. The number of hydrogen-bond acceptors (Lipinski definition) is 2. The Morgan fingerprint density at radius 2 is 1.92 bits per heavy atom. The lowest BCUT2D eigenvalue weighted by Crippen LogP contribution is -3.10. The number of H-pyrrole nitrogens is 1. The molecule has 1 aliphatic carbocycles. The second kappa shape index (κ2) is 6.58. The molecule has 0 radical (unpaired) electrons. The molecule has 0 spiro atoms. The zero-order valence-electron chi connectivity index (χ0n) is 13.6. The van der Waals surface area contributed by atoms with Gasteiger partial charge in [0.1, 0.15) is 18.9 Å². The van der Waals surface area contributed by atoms with E-state index in [4.69, 9.17) is 11.6 Å². The lowest BCUT2D eigenvalue weighted by Gasteiger charge is -2.19. The van der Waals surface area contributed by atoms with Gasteiger partial charge in [-0.15, -0.1) is 0 Å². The van der Waals surface area contributed by atoms with Crippen molar-refractivity contribution in [3.8, 4) is 0 Å². The third kappa shape index (κ3) is 3.72. The predicted molar refractivity (Wildman–Crippen MR) is 95.2 cm³/mol. The molecule has 0 bridgehead atoms. The first-order chi connectivity index (χ1) is 12.1. The van der Waals surface area contributed by atoms with Crippen molar-refractivity contribution < 1.29 is 9.29 Å². The summed E-state index contributed by atoms with van der Waals surface area (Å²) in [6.45, 7) is 1.40. The van der Waals surface area contributed by atoms with Crippen LogP contribution < -0.4 is 10.5 Å². The molecule has 4 rings (SSSR count). The molecule has 0 saturated heterocycles. The average molecular weight is 359 g/mol. The van der Waals surface area contributed by atoms with Crippen molar-refractivity contribution in [2.24, 2.45) is 0 Å². The molecule has 4 nitrogen and oxygen atoms in total. The zero-order chi connectivity index (χ0) is 17.4. The molecule has 1 fully saturated rings. The molecule has 6 heteroatoms. The Labute approximate surface area is 149 Å². The van der Waals surface area contributed by atoms with Crippen LogP contribution in [-0.4, -0.2) is 16.0 Å². The highest BCUT2D eigenvalue weighted by Gasteiger charge is 2.33. The molecule has 3 aromatic rings. The number of nitrogens with one attached hydrogen (secondary N) is 2. The molecule has 25 heavy (non-hydrogen) atoms. The first kappa shape index (κ1) is 16.2. The molecule has 1 unspecified atom stereocenters. The highest BCUT2D eigenvalue weighted by atomic mass is 35.5. The number of fused-ring (bicyclic) bond motifs is 1. The van der Waals surface area contributed by atoms with Crippen molar-refractivity contribution in [1.29, 1.82) is 0 Å². The molecule has 1 atom stereocenters. The lowest BCUT2D eigenvalue weighted by molar-refractivity contribution is -0.939. The molecular formula is C19H18ClFN3O+. The third-order valence-electron chi connectivity index (χ3n) is 4.61. The Hall–Kier alpha value is -2.24. The van der Waals surface area contributed by atoms with Crippen LogP contribution in [0.4, 0.5) is 4.39 Å². The van der Waals surface area contributed by atoms with E-state index in [1.165, 1.54) is 29.9 Å². The van der Waals surface area contributed by atoms with Crippen molar-refractivity contribution in [3.63, 3.8) is 0 Å². The van der Waals surface area contributed by atoms with E-state index >= 15 is 0 Å². The molecule has 1 aromatic heterocycles. The summed E-state index contributed by atoms with van der Waals surface area (Å²) in [5.41, 5.74) is 1.55. The van der Waals surface area contributed by atoms with Crippen molar-refractivity contribution >= 4 is 22.5 Å². The molecule has 128 valence electrons. The molecule has 1 heterocycles. The monoisotopic (exact) mass is 358 g/mol. The van der Waals surface area contributed by atoms with Crippen LogP contribution in [0.2, 0.25) is 5.02 Å². The molecule has 0 amide bonds. The maximum atomic E-state index is 13.1. The second-order valence-electron chi connectivity index (χ2n) is 6.59. The van der Waals surface area contributed by atoms with Crippen LogP contribution in [0.3, 0.4) is 0 Å². The van der Waals surface area contributed by atoms with Gasteiger partial charge in [-0.3, -0.25) is 4.79 Å². The number of aromatic amines is 1. The topological polar surface area (TPSA) is 50.2 Å². The zero-order valence-corrected chi connectivity index (χ0v) is 14.3. The molecule has 2 N–H and O–H groups in total. The summed E-state index contributed by atoms with van der Waals surface area (Å²) in [6, 6.07) is 12.3. The van der Waals surface area contributed by atoms with E-state index in [0.717, 1.165) is 12.1 Å². The van der Waals surface area contributed by atoms with Crippen LogP contribution in [0.25, 0.3) is 10.9 Å². The van der Waals surface area contributed by atoms with E-state index in [9.17, 15) is 9.18 Å². The Kier molecular flexibility index (Phi) is 4.27. The Morgan fingerprint density at radius 3 is 2.64 bits per heavy atom. The highest BCUT2D eigenvalue weighted by Crippen LogP contribution is 2.17.